The van der Waals surface area contributed by atoms with Crippen LogP contribution in [0, 0.1) is 12.8 Å². The molecule has 0 spiro atoms. The van der Waals surface area contributed by atoms with Gasteiger partial charge in [-0.2, -0.15) is 0 Å². The number of carbonyl (C=O) groups excluding carboxylic acids is 1. The molecule has 4 nitrogen and oxygen atoms in total. The average molecular weight is 219 g/mol. The van der Waals surface area contributed by atoms with Crippen LogP contribution in [-0.4, -0.2) is 24.0 Å². The second-order valence-corrected chi connectivity index (χ2v) is 4.25. The molecule has 4 heteroatoms. The maximum atomic E-state index is 11.9. The second kappa shape index (κ2) is 5.07. The molecule has 0 bridgehead atoms. The fraction of sp³-hybridized carbons (Fsp3) is 0.500. The number of aromatic nitrogens is 1. The van der Waals surface area contributed by atoms with E-state index < -0.39 is 0 Å². The van der Waals surface area contributed by atoms with Crippen LogP contribution in [0.25, 0.3) is 0 Å². The summed E-state index contributed by atoms with van der Waals surface area (Å²) in [5, 5.41) is 6.09. The number of nitrogens with one attached hydrogen (secondary N) is 2. The topological polar surface area (TPSA) is 54.0 Å². The number of hydrogen-bond donors (Lipinski definition) is 2. The minimum atomic E-state index is 0.0744. The van der Waals surface area contributed by atoms with Crippen molar-refractivity contribution in [2.24, 2.45) is 5.92 Å². The molecule has 2 rings (SSSR count). The smallest absolute Gasteiger partial charge is 0.229 e. The van der Waals surface area contributed by atoms with Gasteiger partial charge in [0, 0.05) is 12.7 Å². The van der Waals surface area contributed by atoms with E-state index in [1.54, 1.807) is 6.20 Å². The van der Waals surface area contributed by atoms with E-state index in [9.17, 15) is 4.79 Å². The van der Waals surface area contributed by atoms with E-state index in [4.69, 9.17) is 0 Å². The first-order valence-corrected chi connectivity index (χ1v) is 5.70. The molecule has 0 aromatic carbocycles. The van der Waals surface area contributed by atoms with Crippen LogP contribution in [0.1, 0.15) is 18.4 Å². The van der Waals surface area contributed by atoms with Gasteiger partial charge in [0.05, 0.1) is 5.92 Å². The minimum Gasteiger partial charge on any atom is -0.316 e. The van der Waals surface area contributed by atoms with E-state index >= 15 is 0 Å². The molecule has 0 saturated carbocycles. The van der Waals surface area contributed by atoms with Crippen LogP contribution < -0.4 is 10.6 Å². The third kappa shape index (κ3) is 2.79. The van der Waals surface area contributed by atoms with Crippen molar-refractivity contribution in [1.82, 2.24) is 10.3 Å². The molecular formula is C12H17N3O. The number of pyridine rings is 1. The standard InChI is InChI=1S/C12H17N3O/c1-9-4-6-14-11(7-9)15-12(16)10-3-2-5-13-8-10/h4,6-7,10,13H,2-3,5,8H2,1H3,(H,14,15,16)/t10-/m1/s1. The van der Waals surface area contributed by atoms with E-state index in [0.717, 1.165) is 31.5 Å². The van der Waals surface area contributed by atoms with Gasteiger partial charge in [-0.05, 0) is 44.0 Å². The highest BCUT2D eigenvalue weighted by Crippen LogP contribution is 2.13. The Kier molecular flexibility index (Phi) is 3.51. The summed E-state index contributed by atoms with van der Waals surface area (Å²) < 4.78 is 0. The van der Waals surface area contributed by atoms with Crippen LogP contribution in [0.5, 0.6) is 0 Å². The lowest BCUT2D eigenvalue weighted by atomic mass is 9.99. The first-order chi connectivity index (χ1) is 7.75. The normalized spacial score (nSPS) is 20.4. The Labute approximate surface area is 95.5 Å². The molecule has 1 aromatic heterocycles. The number of rotatable bonds is 2. The molecule has 1 aromatic rings. The fourth-order valence-electron chi connectivity index (χ4n) is 1.91. The van der Waals surface area contributed by atoms with Gasteiger partial charge in [0.1, 0.15) is 5.82 Å². The van der Waals surface area contributed by atoms with Crippen molar-refractivity contribution in [2.75, 3.05) is 18.4 Å². The molecule has 1 atom stereocenters. The molecule has 0 unspecified atom stereocenters. The van der Waals surface area contributed by atoms with Crippen LogP contribution >= 0.6 is 0 Å². The van der Waals surface area contributed by atoms with Crippen LogP contribution in [0.15, 0.2) is 18.3 Å². The predicted molar refractivity (Wildman–Crippen MR) is 63.2 cm³/mol. The number of piperidine rings is 1. The van der Waals surface area contributed by atoms with Crippen molar-refractivity contribution in [1.29, 1.82) is 0 Å². The largest absolute Gasteiger partial charge is 0.316 e. The van der Waals surface area contributed by atoms with Crippen LogP contribution in [-0.2, 0) is 4.79 Å². The van der Waals surface area contributed by atoms with Gasteiger partial charge in [-0.25, -0.2) is 4.98 Å². The zero-order chi connectivity index (χ0) is 11.4. The first kappa shape index (κ1) is 11.1. The summed E-state index contributed by atoms with van der Waals surface area (Å²) in [6, 6.07) is 3.80. The van der Waals surface area contributed by atoms with Gasteiger partial charge >= 0.3 is 0 Å². The highest BCUT2D eigenvalue weighted by molar-refractivity contribution is 5.91. The number of carbonyl (C=O) groups is 1. The maximum absolute atomic E-state index is 11.9. The quantitative estimate of drug-likeness (QED) is 0.789. The molecule has 0 aliphatic carbocycles. The average Bonchev–Trinajstić information content (AvgIpc) is 2.30. The van der Waals surface area contributed by atoms with Crippen molar-refractivity contribution < 1.29 is 4.79 Å². The lowest BCUT2D eigenvalue weighted by Gasteiger charge is -2.21. The zero-order valence-corrected chi connectivity index (χ0v) is 9.49. The summed E-state index contributed by atoms with van der Waals surface area (Å²) >= 11 is 0. The number of anilines is 1. The molecule has 0 radical (unpaired) electrons. The highest BCUT2D eigenvalue weighted by Gasteiger charge is 2.20. The van der Waals surface area contributed by atoms with E-state index in [1.807, 2.05) is 19.1 Å². The van der Waals surface area contributed by atoms with E-state index in [2.05, 4.69) is 15.6 Å². The minimum absolute atomic E-state index is 0.0744. The molecule has 1 aliphatic rings. The van der Waals surface area contributed by atoms with Gasteiger partial charge in [-0.3, -0.25) is 4.79 Å². The van der Waals surface area contributed by atoms with E-state index in [-0.39, 0.29) is 11.8 Å². The number of hydrogen-bond acceptors (Lipinski definition) is 3. The predicted octanol–water partition coefficient (Wildman–Crippen LogP) is 1.33. The summed E-state index contributed by atoms with van der Waals surface area (Å²) in [6.45, 7) is 3.78. The Hall–Kier alpha value is -1.42. The van der Waals surface area contributed by atoms with Crippen molar-refractivity contribution in [3.8, 4) is 0 Å². The number of amides is 1. The number of aryl methyl sites for hydroxylation is 1. The Morgan fingerprint density at radius 2 is 2.50 bits per heavy atom. The Morgan fingerprint density at radius 1 is 1.62 bits per heavy atom. The third-order valence-electron chi connectivity index (χ3n) is 2.83. The Morgan fingerprint density at radius 3 is 3.19 bits per heavy atom. The van der Waals surface area contributed by atoms with Crippen molar-refractivity contribution >= 4 is 11.7 Å². The van der Waals surface area contributed by atoms with Gasteiger partial charge in [-0.15, -0.1) is 0 Å². The highest BCUT2D eigenvalue weighted by atomic mass is 16.2. The van der Waals surface area contributed by atoms with Crippen molar-refractivity contribution in [3.05, 3.63) is 23.9 Å². The third-order valence-corrected chi connectivity index (χ3v) is 2.83. The van der Waals surface area contributed by atoms with Crippen LogP contribution in [0.3, 0.4) is 0 Å². The van der Waals surface area contributed by atoms with Crippen LogP contribution in [0.2, 0.25) is 0 Å². The van der Waals surface area contributed by atoms with Crippen molar-refractivity contribution in [3.63, 3.8) is 0 Å². The van der Waals surface area contributed by atoms with Gasteiger partial charge < -0.3 is 10.6 Å². The van der Waals surface area contributed by atoms with Gasteiger partial charge in [0.2, 0.25) is 5.91 Å². The van der Waals surface area contributed by atoms with Gasteiger partial charge in [0.25, 0.3) is 0 Å². The van der Waals surface area contributed by atoms with E-state index in [1.165, 1.54) is 0 Å². The second-order valence-electron chi connectivity index (χ2n) is 4.25. The molecule has 16 heavy (non-hydrogen) atoms. The summed E-state index contributed by atoms with van der Waals surface area (Å²) in [6.07, 6.45) is 3.74. The summed E-state index contributed by atoms with van der Waals surface area (Å²) in [5.74, 6) is 0.803. The number of nitrogens with zero attached hydrogens (tertiary/aromatic N) is 1. The van der Waals surface area contributed by atoms with E-state index in [0.29, 0.717) is 5.82 Å². The lowest BCUT2D eigenvalue weighted by Crippen LogP contribution is -2.37. The molecule has 2 heterocycles. The molecule has 1 saturated heterocycles. The lowest BCUT2D eigenvalue weighted by molar-refractivity contribution is -0.120. The Balaban J connectivity index is 1.96. The molecule has 2 N–H and O–H groups in total. The molecule has 1 fully saturated rings. The molecule has 1 aliphatic heterocycles. The summed E-state index contributed by atoms with van der Waals surface area (Å²) in [5.41, 5.74) is 1.10. The zero-order valence-electron chi connectivity index (χ0n) is 9.49. The Bertz CT molecular complexity index is 372. The molecule has 86 valence electrons. The summed E-state index contributed by atoms with van der Waals surface area (Å²) in [4.78, 5) is 16.0. The fourth-order valence-corrected chi connectivity index (χ4v) is 1.91. The van der Waals surface area contributed by atoms with Gasteiger partial charge in [-0.1, -0.05) is 0 Å². The SMILES string of the molecule is Cc1ccnc(NC(=O)[C@@H]2CCCNC2)c1. The van der Waals surface area contributed by atoms with Gasteiger partial charge in [0.15, 0.2) is 0 Å². The maximum Gasteiger partial charge on any atom is 0.229 e. The molecular weight excluding hydrogens is 202 g/mol. The monoisotopic (exact) mass is 219 g/mol. The van der Waals surface area contributed by atoms with Crippen LogP contribution in [0.4, 0.5) is 5.82 Å². The first-order valence-electron chi connectivity index (χ1n) is 5.70. The molecule has 1 amide bonds. The van der Waals surface area contributed by atoms with Crippen molar-refractivity contribution in [2.45, 2.75) is 19.8 Å². The summed E-state index contributed by atoms with van der Waals surface area (Å²) in [7, 11) is 0.